The molecule has 1 fully saturated rings. The Balaban J connectivity index is 1.76. The van der Waals surface area contributed by atoms with Gasteiger partial charge in [0.2, 0.25) is 5.91 Å². The lowest BCUT2D eigenvalue weighted by atomic mass is 9.99. The molecule has 3 rings (SSSR count). The predicted octanol–water partition coefficient (Wildman–Crippen LogP) is 2.90. The van der Waals surface area contributed by atoms with E-state index >= 15 is 0 Å². The number of imidazole rings is 1. The fourth-order valence-corrected chi connectivity index (χ4v) is 2.70. The van der Waals surface area contributed by atoms with Gasteiger partial charge in [0.1, 0.15) is 0 Å². The number of nitrogens with one attached hydrogen (secondary N) is 2. The Hall–Kier alpha value is -1.92. The number of hydrogen-bond acceptors (Lipinski definition) is 3. The van der Waals surface area contributed by atoms with E-state index in [1.807, 2.05) is 35.0 Å². The van der Waals surface area contributed by atoms with Gasteiger partial charge in [-0.25, -0.2) is 0 Å². The Morgan fingerprint density at radius 1 is 1.38 bits per heavy atom. The summed E-state index contributed by atoms with van der Waals surface area (Å²) in [5.74, 6) is 0.102. The highest BCUT2D eigenvalue weighted by molar-refractivity contribution is 7.71. The molecule has 0 saturated carbocycles. The molecule has 0 bridgehead atoms. The average Bonchev–Trinajstić information content (AvgIpc) is 2.94. The number of rotatable bonds is 3. The van der Waals surface area contributed by atoms with Crippen molar-refractivity contribution in [3.8, 4) is 5.69 Å². The normalized spacial score (nSPS) is 15.8. The Morgan fingerprint density at radius 3 is 2.90 bits per heavy atom. The molecule has 2 heterocycles. The largest absolute Gasteiger partial charge is 0.381 e. The number of amides is 1. The van der Waals surface area contributed by atoms with Gasteiger partial charge in [0, 0.05) is 42.9 Å². The summed E-state index contributed by atoms with van der Waals surface area (Å²) in [5, 5.41) is 2.98. The molecule has 2 aromatic rings. The lowest BCUT2D eigenvalue weighted by Crippen LogP contribution is -2.28. The van der Waals surface area contributed by atoms with E-state index in [0.717, 1.165) is 24.2 Å². The molecule has 0 radical (unpaired) electrons. The van der Waals surface area contributed by atoms with Crippen molar-refractivity contribution in [3.05, 3.63) is 41.4 Å². The minimum absolute atomic E-state index is 0.0387. The van der Waals surface area contributed by atoms with Crippen LogP contribution in [0.5, 0.6) is 0 Å². The first kappa shape index (κ1) is 14.0. The van der Waals surface area contributed by atoms with Crippen molar-refractivity contribution in [2.45, 2.75) is 12.8 Å². The summed E-state index contributed by atoms with van der Waals surface area (Å²) in [4.78, 5) is 15.2. The van der Waals surface area contributed by atoms with Crippen molar-refractivity contribution >= 4 is 23.8 Å². The van der Waals surface area contributed by atoms with E-state index in [1.54, 1.807) is 6.20 Å². The molecule has 5 nitrogen and oxygen atoms in total. The lowest BCUT2D eigenvalue weighted by molar-refractivity contribution is -0.122. The van der Waals surface area contributed by atoms with Crippen molar-refractivity contribution in [1.29, 1.82) is 0 Å². The van der Waals surface area contributed by atoms with Crippen molar-refractivity contribution in [3.63, 3.8) is 0 Å². The van der Waals surface area contributed by atoms with Crippen molar-refractivity contribution in [1.82, 2.24) is 9.55 Å². The minimum atomic E-state index is 0.0387. The SMILES string of the molecule is O=C(Nc1cccc(-n2cc[nH]c2=S)c1)C1CCOCC1. The molecule has 1 aliphatic heterocycles. The number of aromatic nitrogens is 2. The zero-order valence-corrected chi connectivity index (χ0v) is 12.4. The lowest BCUT2D eigenvalue weighted by Gasteiger charge is -2.21. The third kappa shape index (κ3) is 3.22. The molecular weight excluding hydrogens is 286 g/mol. The number of carbonyl (C=O) groups excluding carboxylic acids is 1. The predicted molar refractivity (Wildman–Crippen MR) is 83.1 cm³/mol. The van der Waals surface area contributed by atoms with Gasteiger partial charge in [0.05, 0.1) is 0 Å². The molecule has 1 aromatic heterocycles. The molecule has 0 aliphatic carbocycles. The summed E-state index contributed by atoms with van der Waals surface area (Å²) in [7, 11) is 0. The van der Waals surface area contributed by atoms with Crippen LogP contribution in [-0.4, -0.2) is 28.7 Å². The quantitative estimate of drug-likeness (QED) is 0.857. The summed E-state index contributed by atoms with van der Waals surface area (Å²) in [5.41, 5.74) is 1.71. The highest BCUT2D eigenvalue weighted by atomic mass is 32.1. The van der Waals surface area contributed by atoms with Crippen LogP contribution in [0.1, 0.15) is 12.8 Å². The van der Waals surface area contributed by atoms with Gasteiger partial charge in [0.15, 0.2) is 4.77 Å². The molecule has 0 atom stereocenters. The van der Waals surface area contributed by atoms with Crippen LogP contribution < -0.4 is 5.32 Å². The zero-order chi connectivity index (χ0) is 14.7. The van der Waals surface area contributed by atoms with Gasteiger partial charge >= 0.3 is 0 Å². The summed E-state index contributed by atoms with van der Waals surface area (Å²) in [6, 6.07) is 7.66. The van der Waals surface area contributed by atoms with Crippen molar-refractivity contribution < 1.29 is 9.53 Å². The van der Waals surface area contributed by atoms with Crippen LogP contribution >= 0.6 is 12.2 Å². The van der Waals surface area contributed by atoms with E-state index in [2.05, 4.69) is 10.3 Å². The van der Waals surface area contributed by atoms with E-state index in [1.165, 1.54) is 0 Å². The standard InChI is InChI=1S/C15H17N3O2S/c19-14(11-4-8-20-9-5-11)17-12-2-1-3-13(10-12)18-7-6-16-15(18)21/h1-3,6-7,10-11H,4-5,8-9H2,(H,16,21)(H,17,19). The molecule has 21 heavy (non-hydrogen) atoms. The molecule has 2 N–H and O–H groups in total. The molecule has 6 heteroatoms. The molecule has 1 amide bonds. The number of hydrogen-bond donors (Lipinski definition) is 2. The molecule has 0 spiro atoms. The third-order valence-corrected chi connectivity index (χ3v) is 3.95. The van der Waals surface area contributed by atoms with E-state index in [0.29, 0.717) is 18.0 Å². The summed E-state index contributed by atoms with van der Waals surface area (Å²) in [6.07, 6.45) is 5.22. The maximum absolute atomic E-state index is 12.2. The highest BCUT2D eigenvalue weighted by Gasteiger charge is 2.21. The number of nitrogens with zero attached hydrogens (tertiary/aromatic N) is 1. The Morgan fingerprint density at radius 2 is 2.19 bits per heavy atom. The van der Waals surface area contributed by atoms with Crippen LogP contribution in [0.2, 0.25) is 0 Å². The second kappa shape index (κ2) is 6.24. The molecule has 0 unspecified atom stereocenters. The first-order valence-corrected chi connectivity index (χ1v) is 7.40. The topological polar surface area (TPSA) is 59.0 Å². The van der Waals surface area contributed by atoms with E-state index in [4.69, 9.17) is 17.0 Å². The first-order valence-electron chi connectivity index (χ1n) is 6.99. The number of carbonyl (C=O) groups is 1. The van der Waals surface area contributed by atoms with Gasteiger partial charge in [0.25, 0.3) is 0 Å². The van der Waals surface area contributed by atoms with Gasteiger partial charge in [-0.3, -0.25) is 9.36 Å². The van der Waals surface area contributed by atoms with Crippen LogP contribution in [0.4, 0.5) is 5.69 Å². The molecule has 110 valence electrons. The molecular formula is C15H17N3O2S. The number of anilines is 1. The minimum Gasteiger partial charge on any atom is -0.381 e. The fraction of sp³-hybridized carbons (Fsp3) is 0.333. The summed E-state index contributed by atoms with van der Waals surface area (Å²) < 4.78 is 7.77. The maximum atomic E-state index is 12.2. The number of H-pyrrole nitrogens is 1. The van der Waals surface area contributed by atoms with Crippen LogP contribution in [0.15, 0.2) is 36.7 Å². The van der Waals surface area contributed by atoms with Crippen LogP contribution in [0.3, 0.4) is 0 Å². The Kier molecular flexibility index (Phi) is 4.17. The summed E-state index contributed by atoms with van der Waals surface area (Å²) >= 11 is 5.21. The van der Waals surface area contributed by atoms with Crippen LogP contribution in [0.25, 0.3) is 5.69 Å². The maximum Gasteiger partial charge on any atom is 0.227 e. The monoisotopic (exact) mass is 303 g/mol. The van der Waals surface area contributed by atoms with E-state index < -0.39 is 0 Å². The second-order valence-corrected chi connectivity index (χ2v) is 5.45. The van der Waals surface area contributed by atoms with Crippen LogP contribution in [-0.2, 0) is 9.53 Å². The fourth-order valence-electron chi connectivity index (χ4n) is 2.46. The van der Waals surface area contributed by atoms with Gasteiger partial charge < -0.3 is 15.0 Å². The van der Waals surface area contributed by atoms with Gasteiger partial charge in [-0.1, -0.05) is 6.07 Å². The summed E-state index contributed by atoms with van der Waals surface area (Å²) in [6.45, 7) is 1.33. The Labute approximate surface area is 127 Å². The smallest absolute Gasteiger partial charge is 0.227 e. The van der Waals surface area contributed by atoms with Gasteiger partial charge in [-0.2, -0.15) is 0 Å². The third-order valence-electron chi connectivity index (χ3n) is 3.63. The zero-order valence-electron chi connectivity index (χ0n) is 11.5. The highest BCUT2D eigenvalue weighted by Crippen LogP contribution is 2.19. The first-order chi connectivity index (χ1) is 10.2. The number of aromatic amines is 1. The second-order valence-electron chi connectivity index (χ2n) is 5.06. The van der Waals surface area contributed by atoms with Gasteiger partial charge in [-0.15, -0.1) is 0 Å². The number of benzene rings is 1. The Bertz CT molecular complexity index is 686. The van der Waals surface area contributed by atoms with Crippen molar-refractivity contribution in [2.24, 2.45) is 5.92 Å². The van der Waals surface area contributed by atoms with Gasteiger partial charge in [-0.05, 0) is 43.3 Å². The van der Waals surface area contributed by atoms with E-state index in [-0.39, 0.29) is 11.8 Å². The molecule has 1 aliphatic rings. The van der Waals surface area contributed by atoms with Crippen LogP contribution in [0, 0.1) is 10.7 Å². The van der Waals surface area contributed by atoms with E-state index in [9.17, 15) is 4.79 Å². The molecule has 1 aromatic carbocycles. The van der Waals surface area contributed by atoms with Crippen molar-refractivity contribution in [2.75, 3.05) is 18.5 Å². The average molecular weight is 303 g/mol. The molecule has 1 saturated heterocycles. The number of ether oxygens (including phenoxy) is 1.